The first kappa shape index (κ1) is 25.8. The Kier molecular flexibility index (Phi) is 9.05. The van der Waals surface area contributed by atoms with Crippen molar-refractivity contribution in [2.45, 2.75) is 52.6 Å². The first-order valence-electron chi connectivity index (χ1n) is 10.8. The summed E-state index contributed by atoms with van der Waals surface area (Å²) in [5.74, 6) is -0.295. The molecule has 1 aliphatic heterocycles. The molecule has 1 amide bonds. The van der Waals surface area contributed by atoms with Crippen LogP contribution in [-0.2, 0) is 31.4 Å². The summed E-state index contributed by atoms with van der Waals surface area (Å²) in [6.45, 7) is 6.63. The summed E-state index contributed by atoms with van der Waals surface area (Å²) in [4.78, 5) is 15.1. The van der Waals surface area contributed by atoms with Gasteiger partial charge in [0.05, 0.1) is 18.6 Å². The molecule has 0 aliphatic carbocycles. The van der Waals surface area contributed by atoms with E-state index >= 15 is 0 Å². The molecule has 1 heterocycles. The number of amides is 1. The third-order valence-electron chi connectivity index (χ3n) is 5.80. The molecular formula is C21H35N3O5S2. The highest BCUT2D eigenvalue weighted by atomic mass is 32.2. The zero-order valence-corrected chi connectivity index (χ0v) is 20.6. The molecule has 0 N–H and O–H groups in total. The second-order valence-electron chi connectivity index (χ2n) is 8.08. The summed E-state index contributed by atoms with van der Waals surface area (Å²) in [5.41, 5.74) is 2.06. The lowest BCUT2D eigenvalue weighted by Gasteiger charge is -2.38. The number of carbonyl (C=O) groups excluding carboxylic acids is 1. The van der Waals surface area contributed by atoms with Crippen LogP contribution in [0.4, 0.5) is 0 Å². The van der Waals surface area contributed by atoms with Crippen molar-refractivity contribution in [3.63, 3.8) is 0 Å². The minimum absolute atomic E-state index is 0.0508. The first-order chi connectivity index (χ1) is 14.5. The van der Waals surface area contributed by atoms with Gasteiger partial charge in [-0.1, -0.05) is 31.2 Å². The van der Waals surface area contributed by atoms with Gasteiger partial charge in [-0.15, -0.1) is 0 Å². The maximum Gasteiger partial charge on any atom is 0.238 e. The van der Waals surface area contributed by atoms with Gasteiger partial charge in [0.15, 0.2) is 0 Å². The number of carbonyl (C=O) groups is 1. The van der Waals surface area contributed by atoms with E-state index in [0.717, 1.165) is 11.1 Å². The fourth-order valence-electron chi connectivity index (χ4n) is 3.87. The van der Waals surface area contributed by atoms with Crippen molar-refractivity contribution in [3.8, 4) is 0 Å². The molecule has 0 aromatic heterocycles. The maximum absolute atomic E-state index is 13.4. The molecule has 31 heavy (non-hydrogen) atoms. The molecule has 1 saturated heterocycles. The minimum atomic E-state index is -3.49. The number of rotatable bonds is 10. The van der Waals surface area contributed by atoms with Crippen molar-refractivity contribution in [3.05, 3.63) is 35.4 Å². The Bertz CT molecular complexity index is 955. The van der Waals surface area contributed by atoms with Gasteiger partial charge in [0.1, 0.15) is 0 Å². The SMILES string of the molecule is CCCN(CC(=O)N(Cc1ccccc1C)C1CCN(S(C)(=O)=O)CC1)S(=O)(=O)CC. The van der Waals surface area contributed by atoms with E-state index in [1.54, 1.807) is 11.8 Å². The summed E-state index contributed by atoms with van der Waals surface area (Å²) in [7, 11) is -6.76. The Balaban J connectivity index is 2.27. The molecule has 0 bridgehead atoms. The number of hydrogen-bond donors (Lipinski definition) is 0. The number of hydrogen-bond acceptors (Lipinski definition) is 5. The van der Waals surface area contributed by atoms with Gasteiger partial charge < -0.3 is 4.90 Å². The molecule has 1 aliphatic rings. The van der Waals surface area contributed by atoms with Crippen molar-refractivity contribution < 1.29 is 21.6 Å². The molecule has 0 atom stereocenters. The third-order valence-corrected chi connectivity index (χ3v) is 8.93. The molecule has 2 rings (SSSR count). The predicted molar refractivity (Wildman–Crippen MR) is 122 cm³/mol. The standard InChI is InChI=1S/C21H35N3O5S2/c1-5-13-23(31(28,29)6-2)17-21(25)24(16-19-10-8-7-9-18(19)3)20-11-14-22(15-12-20)30(4,26)27/h7-10,20H,5-6,11-17H2,1-4H3. The average molecular weight is 474 g/mol. The molecular weight excluding hydrogens is 438 g/mol. The van der Waals surface area contributed by atoms with E-state index in [1.807, 2.05) is 38.1 Å². The highest BCUT2D eigenvalue weighted by Gasteiger charge is 2.33. The van der Waals surface area contributed by atoms with E-state index in [-0.39, 0.29) is 24.2 Å². The Labute approximate surface area is 187 Å². The zero-order chi connectivity index (χ0) is 23.2. The summed E-state index contributed by atoms with van der Waals surface area (Å²) in [6, 6.07) is 7.66. The number of nitrogens with zero attached hydrogens (tertiary/aromatic N) is 3. The van der Waals surface area contributed by atoms with Crippen LogP contribution in [0.3, 0.4) is 0 Å². The van der Waals surface area contributed by atoms with Crippen molar-refractivity contribution >= 4 is 26.0 Å². The molecule has 176 valence electrons. The quantitative estimate of drug-likeness (QED) is 0.516. The van der Waals surface area contributed by atoms with Crippen molar-refractivity contribution in [2.24, 2.45) is 0 Å². The van der Waals surface area contributed by atoms with Crippen molar-refractivity contribution in [2.75, 3.05) is 38.2 Å². The van der Waals surface area contributed by atoms with Crippen LogP contribution in [0, 0.1) is 6.92 Å². The molecule has 0 saturated carbocycles. The maximum atomic E-state index is 13.4. The second kappa shape index (κ2) is 10.9. The van der Waals surface area contributed by atoms with Gasteiger partial charge in [-0.05, 0) is 44.2 Å². The molecule has 10 heteroatoms. The Morgan fingerprint density at radius 3 is 2.23 bits per heavy atom. The second-order valence-corrected chi connectivity index (χ2v) is 12.3. The van der Waals surface area contributed by atoms with Crippen LogP contribution in [0.25, 0.3) is 0 Å². The van der Waals surface area contributed by atoms with Crippen LogP contribution < -0.4 is 0 Å². The van der Waals surface area contributed by atoms with E-state index in [2.05, 4.69) is 0 Å². The normalized spacial score (nSPS) is 16.5. The van der Waals surface area contributed by atoms with E-state index in [1.165, 1.54) is 14.9 Å². The van der Waals surface area contributed by atoms with Crippen LogP contribution in [-0.4, -0.2) is 80.5 Å². The van der Waals surface area contributed by atoms with Crippen LogP contribution in [0.1, 0.15) is 44.2 Å². The monoisotopic (exact) mass is 473 g/mol. The van der Waals surface area contributed by atoms with E-state index < -0.39 is 20.0 Å². The number of aryl methyl sites for hydroxylation is 1. The molecule has 1 aromatic rings. The number of sulfonamides is 2. The average Bonchev–Trinajstić information content (AvgIpc) is 2.72. The van der Waals surface area contributed by atoms with Crippen LogP contribution >= 0.6 is 0 Å². The molecule has 1 aromatic carbocycles. The number of piperidine rings is 1. The summed E-state index contributed by atoms with van der Waals surface area (Å²) < 4.78 is 51.4. The first-order valence-corrected chi connectivity index (χ1v) is 14.2. The molecule has 0 radical (unpaired) electrons. The van der Waals surface area contributed by atoms with Gasteiger partial charge in [-0.2, -0.15) is 4.31 Å². The van der Waals surface area contributed by atoms with Gasteiger partial charge in [-0.25, -0.2) is 21.1 Å². The summed E-state index contributed by atoms with van der Waals surface area (Å²) in [6.07, 6.45) is 2.87. The summed E-state index contributed by atoms with van der Waals surface area (Å²) in [5, 5.41) is 0. The molecule has 8 nitrogen and oxygen atoms in total. The zero-order valence-electron chi connectivity index (χ0n) is 19.0. The van der Waals surface area contributed by atoms with Gasteiger partial charge in [-0.3, -0.25) is 4.79 Å². The lowest BCUT2D eigenvalue weighted by Crippen LogP contribution is -2.51. The van der Waals surface area contributed by atoms with Gasteiger partial charge in [0.2, 0.25) is 26.0 Å². The lowest BCUT2D eigenvalue weighted by molar-refractivity contribution is -0.135. The Morgan fingerprint density at radius 1 is 1.10 bits per heavy atom. The lowest BCUT2D eigenvalue weighted by atomic mass is 10.0. The van der Waals surface area contributed by atoms with E-state index in [9.17, 15) is 21.6 Å². The Morgan fingerprint density at radius 2 is 1.71 bits per heavy atom. The molecule has 0 unspecified atom stereocenters. The molecule has 1 fully saturated rings. The van der Waals surface area contributed by atoms with Crippen LogP contribution in [0.2, 0.25) is 0 Å². The van der Waals surface area contributed by atoms with Gasteiger partial charge in [0.25, 0.3) is 0 Å². The predicted octanol–water partition coefficient (Wildman–Crippen LogP) is 1.81. The molecule has 0 spiro atoms. The van der Waals surface area contributed by atoms with Gasteiger partial charge in [0, 0.05) is 32.2 Å². The van der Waals surface area contributed by atoms with Crippen molar-refractivity contribution in [1.29, 1.82) is 0 Å². The van der Waals surface area contributed by atoms with E-state index in [4.69, 9.17) is 0 Å². The third kappa shape index (κ3) is 7.00. The fourth-order valence-corrected chi connectivity index (χ4v) is 5.87. The van der Waals surface area contributed by atoms with Gasteiger partial charge >= 0.3 is 0 Å². The fraction of sp³-hybridized carbons (Fsp3) is 0.667. The van der Waals surface area contributed by atoms with Crippen molar-refractivity contribution in [1.82, 2.24) is 13.5 Å². The van der Waals surface area contributed by atoms with E-state index in [0.29, 0.717) is 45.4 Å². The minimum Gasteiger partial charge on any atom is -0.334 e. The Hall–Kier alpha value is -1.49. The smallest absolute Gasteiger partial charge is 0.238 e. The number of benzene rings is 1. The largest absolute Gasteiger partial charge is 0.334 e. The van der Waals surface area contributed by atoms with Crippen LogP contribution in [0.5, 0.6) is 0 Å². The topological polar surface area (TPSA) is 95.1 Å². The summed E-state index contributed by atoms with van der Waals surface area (Å²) >= 11 is 0. The highest BCUT2D eigenvalue weighted by molar-refractivity contribution is 7.89. The highest BCUT2D eigenvalue weighted by Crippen LogP contribution is 2.22. The van der Waals surface area contributed by atoms with Crippen LogP contribution in [0.15, 0.2) is 24.3 Å².